The molecule has 0 atom stereocenters. The molecular weight excluding hydrogens is 316 g/mol. The molecule has 0 unspecified atom stereocenters. The Morgan fingerprint density at radius 3 is 2.60 bits per heavy atom. The third-order valence-corrected chi connectivity index (χ3v) is 3.86. The van der Waals surface area contributed by atoms with Gasteiger partial charge < -0.3 is 20.3 Å². The fraction of sp³-hybridized carbons (Fsp3) is 0.263. The number of nitrogens with zero attached hydrogens (tertiary/aromatic N) is 2. The zero-order valence-corrected chi connectivity index (χ0v) is 14.4. The van der Waals surface area contributed by atoms with E-state index in [0.717, 1.165) is 27.8 Å². The highest BCUT2D eigenvalue weighted by atomic mass is 16.3. The Balaban J connectivity index is 1.84. The van der Waals surface area contributed by atoms with Crippen molar-refractivity contribution in [3.05, 3.63) is 53.6 Å². The Hall–Kier alpha value is -2.86. The molecule has 0 aliphatic heterocycles. The lowest BCUT2D eigenvalue weighted by molar-refractivity contribution is -0.116. The van der Waals surface area contributed by atoms with Gasteiger partial charge in [-0.05, 0) is 49.2 Å². The number of carbonyl (C=O) groups excluding carboxylic acids is 1. The van der Waals surface area contributed by atoms with Gasteiger partial charge in [0.25, 0.3) is 0 Å². The van der Waals surface area contributed by atoms with Gasteiger partial charge in [-0.15, -0.1) is 0 Å². The predicted octanol–water partition coefficient (Wildman–Crippen LogP) is 2.70. The van der Waals surface area contributed by atoms with Crippen molar-refractivity contribution in [3.63, 3.8) is 0 Å². The Morgan fingerprint density at radius 2 is 1.88 bits per heavy atom. The van der Waals surface area contributed by atoms with Crippen LogP contribution in [0.3, 0.4) is 0 Å². The quantitative estimate of drug-likeness (QED) is 0.646. The van der Waals surface area contributed by atoms with Crippen molar-refractivity contribution in [2.75, 3.05) is 23.8 Å². The summed E-state index contributed by atoms with van der Waals surface area (Å²) in [5.74, 6) is 0.450. The number of anilines is 2. The highest BCUT2D eigenvalue weighted by Crippen LogP contribution is 2.20. The number of nitrogens with one attached hydrogen (secondary N) is 2. The molecule has 1 heterocycles. The fourth-order valence-corrected chi connectivity index (χ4v) is 2.93. The van der Waals surface area contributed by atoms with Crippen molar-refractivity contribution in [1.29, 1.82) is 0 Å². The molecule has 0 spiro atoms. The number of aromatic nitrogens is 2. The number of rotatable bonds is 6. The molecule has 1 aromatic heterocycles. The van der Waals surface area contributed by atoms with Crippen molar-refractivity contribution in [2.45, 2.75) is 20.4 Å². The molecule has 3 rings (SSSR count). The van der Waals surface area contributed by atoms with Crippen molar-refractivity contribution in [2.24, 2.45) is 0 Å². The van der Waals surface area contributed by atoms with Gasteiger partial charge in [0, 0.05) is 12.2 Å². The Morgan fingerprint density at radius 1 is 1.16 bits per heavy atom. The van der Waals surface area contributed by atoms with Gasteiger partial charge in [-0.1, -0.05) is 18.2 Å². The van der Waals surface area contributed by atoms with Crippen molar-refractivity contribution < 1.29 is 9.90 Å². The second-order valence-corrected chi connectivity index (χ2v) is 6.09. The maximum Gasteiger partial charge on any atom is 0.244 e. The molecule has 25 heavy (non-hydrogen) atoms. The number of carbonyl (C=O) groups is 1. The molecule has 3 N–H and O–H groups in total. The summed E-state index contributed by atoms with van der Waals surface area (Å²) in [6.45, 7) is 4.52. The number of para-hydroxylation sites is 2. The van der Waals surface area contributed by atoms with E-state index in [9.17, 15) is 4.79 Å². The van der Waals surface area contributed by atoms with Gasteiger partial charge in [-0.25, -0.2) is 4.98 Å². The molecule has 6 heteroatoms. The fourth-order valence-electron chi connectivity index (χ4n) is 2.93. The van der Waals surface area contributed by atoms with Crippen molar-refractivity contribution >= 4 is 28.6 Å². The Labute approximate surface area is 146 Å². The summed E-state index contributed by atoms with van der Waals surface area (Å²) >= 11 is 0. The molecule has 6 nitrogen and oxygen atoms in total. The summed E-state index contributed by atoms with van der Waals surface area (Å²) < 4.78 is 1.82. The van der Waals surface area contributed by atoms with Crippen LogP contribution in [0, 0.1) is 13.8 Å². The first-order chi connectivity index (χ1) is 12.1. The van der Waals surface area contributed by atoms with E-state index in [2.05, 4.69) is 21.7 Å². The van der Waals surface area contributed by atoms with Crippen LogP contribution >= 0.6 is 0 Å². The van der Waals surface area contributed by atoms with Crippen molar-refractivity contribution in [1.82, 2.24) is 9.55 Å². The van der Waals surface area contributed by atoms with Crippen LogP contribution in [0.15, 0.2) is 42.5 Å². The molecule has 0 aliphatic rings. The number of imidazole rings is 1. The SMILES string of the molecule is Cc1cc(C)cc(NC(=O)Cn2c(NCCO)nc3ccccc32)c1. The van der Waals surface area contributed by atoms with E-state index >= 15 is 0 Å². The minimum atomic E-state index is -0.125. The minimum Gasteiger partial charge on any atom is -0.395 e. The number of amides is 1. The van der Waals surface area contributed by atoms with Gasteiger partial charge in [-0.3, -0.25) is 4.79 Å². The number of aliphatic hydroxyl groups is 1. The second-order valence-electron chi connectivity index (χ2n) is 6.09. The molecule has 0 saturated heterocycles. The first-order valence-corrected chi connectivity index (χ1v) is 8.25. The Kier molecular flexibility index (Phi) is 5.00. The Bertz CT molecular complexity index is 881. The number of benzene rings is 2. The highest BCUT2D eigenvalue weighted by molar-refractivity contribution is 5.92. The lowest BCUT2D eigenvalue weighted by atomic mass is 10.1. The van der Waals surface area contributed by atoms with Crippen LogP contribution in [0.1, 0.15) is 11.1 Å². The molecule has 3 aromatic rings. The summed E-state index contributed by atoms with van der Waals surface area (Å²) in [5, 5.41) is 15.1. The van der Waals surface area contributed by atoms with E-state index in [0.29, 0.717) is 12.5 Å². The van der Waals surface area contributed by atoms with Gasteiger partial charge in [0.05, 0.1) is 17.6 Å². The highest BCUT2D eigenvalue weighted by Gasteiger charge is 2.13. The maximum absolute atomic E-state index is 12.5. The van der Waals surface area contributed by atoms with E-state index in [4.69, 9.17) is 5.11 Å². The van der Waals surface area contributed by atoms with E-state index < -0.39 is 0 Å². The second kappa shape index (κ2) is 7.36. The van der Waals surface area contributed by atoms with Crippen LogP contribution < -0.4 is 10.6 Å². The third-order valence-electron chi connectivity index (χ3n) is 3.86. The van der Waals surface area contributed by atoms with Crippen molar-refractivity contribution in [3.8, 4) is 0 Å². The summed E-state index contributed by atoms with van der Waals surface area (Å²) in [5.41, 5.74) is 4.68. The molecule has 2 aromatic carbocycles. The van der Waals surface area contributed by atoms with Crippen LogP contribution in [0.2, 0.25) is 0 Å². The van der Waals surface area contributed by atoms with Crippen LogP contribution in [0.5, 0.6) is 0 Å². The largest absolute Gasteiger partial charge is 0.395 e. The van der Waals surface area contributed by atoms with E-state index in [1.54, 1.807) is 0 Å². The van der Waals surface area contributed by atoms with Crippen LogP contribution in [-0.2, 0) is 11.3 Å². The van der Waals surface area contributed by atoms with Gasteiger partial charge in [-0.2, -0.15) is 0 Å². The number of hydrogen-bond donors (Lipinski definition) is 3. The average molecular weight is 338 g/mol. The van der Waals surface area contributed by atoms with E-state index in [1.807, 2.05) is 54.8 Å². The van der Waals surface area contributed by atoms with Gasteiger partial charge in [0.2, 0.25) is 11.9 Å². The van der Waals surface area contributed by atoms with Crippen LogP contribution in [0.25, 0.3) is 11.0 Å². The zero-order valence-electron chi connectivity index (χ0n) is 14.4. The molecular formula is C19H22N4O2. The number of aryl methyl sites for hydroxylation is 2. The van der Waals surface area contributed by atoms with Crippen LogP contribution in [-0.4, -0.2) is 33.7 Å². The molecule has 0 saturated carbocycles. The van der Waals surface area contributed by atoms with Crippen LogP contribution in [0.4, 0.5) is 11.6 Å². The summed E-state index contributed by atoms with van der Waals surface area (Å²) in [6, 6.07) is 13.6. The lowest BCUT2D eigenvalue weighted by Gasteiger charge is -2.11. The standard InChI is InChI=1S/C19H22N4O2/c1-13-9-14(2)11-15(10-13)21-18(25)12-23-17-6-4-3-5-16(17)22-19(23)20-7-8-24/h3-6,9-11,24H,7-8,12H2,1-2H3,(H,20,22)(H,21,25). The molecule has 0 bridgehead atoms. The van der Waals surface area contributed by atoms with Gasteiger partial charge >= 0.3 is 0 Å². The third kappa shape index (κ3) is 3.97. The van der Waals surface area contributed by atoms with Gasteiger partial charge in [0.15, 0.2) is 0 Å². The molecule has 1 amide bonds. The number of aliphatic hydroxyl groups excluding tert-OH is 1. The number of hydrogen-bond acceptors (Lipinski definition) is 4. The first kappa shape index (κ1) is 17.0. The normalized spacial score (nSPS) is 10.8. The molecule has 130 valence electrons. The monoisotopic (exact) mass is 338 g/mol. The maximum atomic E-state index is 12.5. The zero-order chi connectivity index (χ0) is 17.8. The minimum absolute atomic E-state index is 0.00201. The average Bonchev–Trinajstić information content (AvgIpc) is 2.89. The smallest absolute Gasteiger partial charge is 0.244 e. The van der Waals surface area contributed by atoms with E-state index in [-0.39, 0.29) is 19.1 Å². The first-order valence-electron chi connectivity index (χ1n) is 8.25. The predicted molar refractivity (Wildman–Crippen MR) is 99.9 cm³/mol. The van der Waals surface area contributed by atoms with Gasteiger partial charge in [0.1, 0.15) is 6.54 Å². The molecule has 0 radical (unpaired) electrons. The summed E-state index contributed by atoms with van der Waals surface area (Å²) in [4.78, 5) is 17.0. The lowest BCUT2D eigenvalue weighted by Crippen LogP contribution is -2.21. The molecule has 0 aliphatic carbocycles. The summed E-state index contributed by atoms with van der Waals surface area (Å²) in [7, 11) is 0. The van der Waals surface area contributed by atoms with E-state index in [1.165, 1.54) is 0 Å². The topological polar surface area (TPSA) is 79.2 Å². The number of fused-ring (bicyclic) bond motifs is 1. The summed E-state index contributed by atoms with van der Waals surface area (Å²) in [6.07, 6.45) is 0. The molecule has 0 fully saturated rings.